The largest absolute Gasteiger partial charge is 0.455 e. The first kappa shape index (κ1) is 45.1. The summed E-state index contributed by atoms with van der Waals surface area (Å²) in [4.78, 5) is 0. The minimum atomic E-state index is -0.231. The number of fused-ring (bicyclic) bond motifs is 4. The molecule has 0 fully saturated rings. The minimum absolute atomic E-state index is 0.000157. The highest BCUT2D eigenvalue weighted by Gasteiger charge is 2.30. The van der Waals surface area contributed by atoms with Gasteiger partial charge in [-0.15, -0.1) is 45.7 Å². The van der Waals surface area contributed by atoms with Crippen LogP contribution in [-0.2, 0) is 0 Å². The van der Waals surface area contributed by atoms with Crippen molar-refractivity contribution in [3.8, 4) is 35.8 Å². The highest BCUT2D eigenvalue weighted by molar-refractivity contribution is 6.65. The molecular formula is C44H13B17O. The maximum atomic E-state index is 7.06. The standard InChI is InChI=1S/C44H13B17O/c1-3-14-24(33(51)41(59)39(57)26(14)31(49)21(47)13-45)23-19(30(48)32(50)20(46)4-2)12-18(25-29(23)40(58)43(61)42(60)34(25)52)28-37(55)35(53)27(36(54)38(28)56)17-10-7-9-16-15-8-5-6-11-22(15)62-44(16)17/h1-2,5-11H,12-13H2/b30-19-,31-21-,32-20-. The van der Waals surface area contributed by atoms with Crippen LogP contribution in [0.15, 0.2) is 74.3 Å². The Morgan fingerprint density at radius 2 is 1.15 bits per heavy atom. The van der Waals surface area contributed by atoms with Gasteiger partial charge in [-0.25, -0.2) is 0 Å². The average Bonchev–Trinajstić information content (AvgIpc) is 3.66. The fraction of sp³-hybridized carbons (Fsp3) is 0.0455. The van der Waals surface area contributed by atoms with Crippen molar-refractivity contribution < 1.29 is 4.42 Å². The van der Waals surface area contributed by atoms with Crippen molar-refractivity contribution >= 4 is 232 Å². The molecular weight excluding hydrogens is 728 g/mol. The molecule has 34 radical (unpaired) electrons. The summed E-state index contributed by atoms with van der Waals surface area (Å²) >= 11 is 0. The van der Waals surface area contributed by atoms with Gasteiger partial charge in [0, 0.05) is 21.9 Å². The van der Waals surface area contributed by atoms with Gasteiger partial charge in [0.05, 0.1) is 7.85 Å². The molecule has 0 saturated carbocycles. The Bertz CT molecular complexity index is 3310. The van der Waals surface area contributed by atoms with Gasteiger partial charge in [0.1, 0.15) is 137 Å². The molecule has 0 atom stereocenters. The van der Waals surface area contributed by atoms with Crippen LogP contribution in [0.5, 0.6) is 0 Å². The van der Waals surface area contributed by atoms with Gasteiger partial charge in [0.2, 0.25) is 0 Å². The van der Waals surface area contributed by atoms with E-state index in [0.29, 0.717) is 22.3 Å². The molecule has 1 nitrogen and oxygen atoms in total. The lowest BCUT2D eigenvalue weighted by atomic mass is 9.57. The van der Waals surface area contributed by atoms with Crippen LogP contribution in [0.4, 0.5) is 0 Å². The van der Waals surface area contributed by atoms with Crippen LogP contribution in [0.3, 0.4) is 0 Å². The molecule has 62 heavy (non-hydrogen) atoms. The molecule has 6 aromatic rings. The van der Waals surface area contributed by atoms with Crippen molar-refractivity contribution in [3.05, 3.63) is 103 Å². The van der Waals surface area contributed by atoms with Crippen molar-refractivity contribution in [3.63, 3.8) is 0 Å². The second-order valence-corrected chi connectivity index (χ2v) is 14.6. The predicted octanol–water partition coefficient (Wildman–Crippen LogP) is -7.04. The first-order valence-electron chi connectivity index (χ1n) is 18.6. The Morgan fingerprint density at radius 3 is 1.74 bits per heavy atom. The van der Waals surface area contributed by atoms with Crippen molar-refractivity contribution in [1.29, 1.82) is 0 Å². The molecule has 0 N–H and O–H groups in total. The Balaban J connectivity index is 1.75. The second kappa shape index (κ2) is 17.0. The molecule has 0 unspecified atom stereocenters. The van der Waals surface area contributed by atoms with E-state index in [1.807, 2.05) is 36.4 Å². The molecule has 0 aliphatic heterocycles. The van der Waals surface area contributed by atoms with Crippen LogP contribution in [0.2, 0.25) is 6.32 Å². The van der Waals surface area contributed by atoms with Crippen LogP contribution >= 0.6 is 0 Å². The molecule has 0 spiro atoms. The number of terminal acetylenes is 2. The third kappa shape index (κ3) is 6.79. The number of para-hydroxylation sites is 2. The lowest BCUT2D eigenvalue weighted by Crippen LogP contribution is -2.66. The highest BCUT2D eigenvalue weighted by atomic mass is 16.3. The van der Waals surface area contributed by atoms with Gasteiger partial charge in [-0.05, 0) is 61.9 Å². The van der Waals surface area contributed by atoms with Crippen molar-refractivity contribution in [2.24, 2.45) is 0 Å². The quantitative estimate of drug-likeness (QED) is 0.122. The van der Waals surface area contributed by atoms with E-state index in [-0.39, 0.29) is 150 Å². The molecule has 0 amide bonds. The van der Waals surface area contributed by atoms with Crippen molar-refractivity contribution in [2.45, 2.75) is 12.7 Å². The summed E-state index contributed by atoms with van der Waals surface area (Å²) in [6.07, 6.45) is 11.6. The van der Waals surface area contributed by atoms with E-state index in [9.17, 15) is 0 Å². The summed E-state index contributed by atoms with van der Waals surface area (Å²) < 4.78 is 6.32. The zero-order valence-corrected chi connectivity index (χ0v) is 33.3. The van der Waals surface area contributed by atoms with E-state index in [2.05, 4.69) is 11.8 Å². The average molecular weight is 741 g/mol. The van der Waals surface area contributed by atoms with Crippen LogP contribution in [0.1, 0.15) is 28.7 Å². The Morgan fingerprint density at radius 1 is 0.597 bits per heavy atom. The highest BCUT2D eigenvalue weighted by Crippen LogP contribution is 2.37. The smallest absolute Gasteiger partial charge is 0.143 e. The molecule has 5 aromatic carbocycles. The first-order chi connectivity index (χ1) is 29.3. The number of hydrogen-bond donors (Lipinski definition) is 0. The van der Waals surface area contributed by atoms with Crippen LogP contribution in [0.25, 0.3) is 49.7 Å². The van der Waals surface area contributed by atoms with E-state index >= 15 is 0 Å². The molecule has 1 aliphatic carbocycles. The zero-order valence-electron chi connectivity index (χ0n) is 33.3. The maximum Gasteiger partial charge on any atom is 0.143 e. The van der Waals surface area contributed by atoms with Gasteiger partial charge < -0.3 is 4.42 Å². The number of allylic oxidation sites excluding steroid dienone is 5. The van der Waals surface area contributed by atoms with Gasteiger partial charge in [-0.3, -0.25) is 0 Å². The summed E-state index contributed by atoms with van der Waals surface area (Å²) in [7, 11) is 114. The summed E-state index contributed by atoms with van der Waals surface area (Å²) in [6, 6.07) is 13.1. The second-order valence-electron chi connectivity index (χ2n) is 14.6. The Labute approximate surface area is 385 Å². The summed E-state index contributed by atoms with van der Waals surface area (Å²) in [5.74, 6) is 4.94. The van der Waals surface area contributed by atoms with Crippen molar-refractivity contribution in [1.82, 2.24) is 0 Å². The number of furan rings is 1. The van der Waals surface area contributed by atoms with Crippen LogP contribution in [0, 0.1) is 24.7 Å². The Kier molecular flexibility index (Phi) is 12.4. The van der Waals surface area contributed by atoms with Crippen molar-refractivity contribution in [2.75, 3.05) is 0 Å². The van der Waals surface area contributed by atoms with E-state index in [4.69, 9.17) is 151 Å². The third-order valence-corrected chi connectivity index (χ3v) is 11.4. The minimum Gasteiger partial charge on any atom is -0.455 e. The SMILES string of the molecule is [B]C/C([B])=C(/[B])c1c([B])c([B])c([B])c(C2=c3c([B])c([B])c([B])c([B])c3=C(c3c([B])c([B])c(-c4cccc5c4oc4ccccc45)c([B])c3[B])C/C2=C([B])\C([B])=C(\[B])C#C)c1C#C. The lowest BCUT2D eigenvalue weighted by Gasteiger charge is -2.33. The topological polar surface area (TPSA) is 13.1 Å². The number of rotatable bonds is 6. The first-order valence-corrected chi connectivity index (χ1v) is 18.6. The van der Waals surface area contributed by atoms with E-state index in [1.54, 1.807) is 6.07 Å². The zero-order chi connectivity index (χ0) is 45.4. The summed E-state index contributed by atoms with van der Waals surface area (Å²) in [5.41, 5.74) is 1.68. The molecule has 1 aromatic heterocycles. The monoisotopic (exact) mass is 744 g/mol. The fourth-order valence-electron chi connectivity index (χ4n) is 8.16. The number of benzene rings is 5. The van der Waals surface area contributed by atoms with E-state index in [1.165, 1.54) is 0 Å². The van der Waals surface area contributed by atoms with Gasteiger partial charge >= 0.3 is 0 Å². The number of hydrogen-bond acceptors (Lipinski definition) is 1. The molecule has 1 aliphatic rings. The van der Waals surface area contributed by atoms with Crippen LogP contribution < -0.4 is 70.5 Å². The Hall–Kier alpha value is -4.92. The fourth-order valence-corrected chi connectivity index (χ4v) is 8.16. The third-order valence-electron chi connectivity index (χ3n) is 11.4. The van der Waals surface area contributed by atoms with E-state index < -0.39 is 0 Å². The van der Waals surface area contributed by atoms with Gasteiger partial charge in [0.25, 0.3) is 0 Å². The molecule has 18 heteroatoms. The van der Waals surface area contributed by atoms with Gasteiger partial charge in [-0.1, -0.05) is 109 Å². The van der Waals surface area contributed by atoms with Crippen LogP contribution in [-0.4, -0.2) is 133 Å². The molecule has 1 heterocycles. The normalized spacial score (nSPS) is 14.2. The lowest BCUT2D eigenvalue weighted by molar-refractivity contribution is 0.670. The molecule has 0 saturated heterocycles. The van der Waals surface area contributed by atoms with E-state index in [0.717, 1.165) is 10.8 Å². The molecule has 246 valence electrons. The molecule has 0 bridgehead atoms. The summed E-state index contributed by atoms with van der Waals surface area (Å²) in [5, 5.41) is 1.98. The van der Waals surface area contributed by atoms with Gasteiger partial charge in [-0.2, -0.15) is 0 Å². The van der Waals surface area contributed by atoms with Gasteiger partial charge in [0.15, 0.2) is 0 Å². The molecule has 7 rings (SSSR count). The summed E-state index contributed by atoms with van der Waals surface area (Å²) in [6.45, 7) is 0. The predicted molar refractivity (Wildman–Crippen MR) is 277 cm³/mol. The maximum absolute atomic E-state index is 7.06.